The summed E-state index contributed by atoms with van der Waals surface area (Å²) in [7, 11) is 0.862. The van der Waals surface area contributed by atoms with Crippen LogP contribution in [-0.2, 0) is 11.4 Å². The normalized spacial score (nSPS) is 11.2. The van der Waals surface area contributed by atoms with Gasteiger partial charge in [-0.3, -0.25) is 4.98 Å². The molecule has 0 fully saturated rings. The van der Waals surface area contributed by atoms with Crippen LogP contribution in [0.2, 0.25) is 0 Å². The Balaban J connectivity index is 3.30. The third-order valence-corrected chi connectivity index (χ3v) is 1.80. The van der Waals surface area contributed by atoms with Crippen LogP contribution in [0.25, 0.3) is 0 Å². The summed E-state index contributed by atoms with van der Waals surface area (Å²) in [6, 6.07) is 0. The number of aromatic nitrogens is 1. The Hall–Kier alpha value is -1.93. The Morgan fingerprint density at radius 1 is 1.44 bits per heavy atom. The lowest BCUT2D eigenvalue weighted by Crippen LogP contribution is -2.20. The van der Waals surface area contributed by atoms with E-state index in [2.05, 4.69) is 14.5 Å². The Bertz CT molecular complexity index is 460. The zero-order chi connectivity index (χ0) is 13.9. The van der Waals surface area contributed by atoms with Crippen LogP contribution in [0.5, 0.6) is 5.75 Å². The molecule has 0 amide bonds. The second-order valence-corrected chi connectivity index (χ2v) is 2.93. The van der Waals surface area contributed by atoms with Crippen molar-refractivity contribution in [2.45, 2.75) is 13.0 Å². The van der Waals surface area contributed by atoms with Crippen molar-refractivity contribution in [3.63, 3.8) is 0 Å². The number of halogens is 5. The molecule has 4 nitrogen and oxygen atoms in total. The smallest absolute Gasteiger partial charge is 0.465 e. The van der Waals surface area contributed by atoms with E-state index in [0.717, 1.165) is 7.11 Å². The molecule has 1 aromatic rings. The molecule has 1 aromatic heterocycles. The van der Waals surface area contributed by atoms with Gasteiger partial charge in [-0.15, -0.1) is 13.2 Å². The Kier molecular flexibility index (Phi) is 4.04. The van der Waals surface area contributed by atoms with Gasteiger partial charge in [-0.05, 0) is 0 Å². The van der Waals surface area contributed by atoms with E-state index < -0.39 is 41.8 Å². The predicted molar refractivity (Wildman–Crippen MR) is 47.0 cm³/mol. The number of hydrogen-bond acceptors (Lipinski definition) is 4. The van der Waals surface area contributed by atoms with Gasteiger partial charge >= 0.3 is 12.3 Å². The molecule has 0 radical (unpaired) electrons. The van der Waals surface area contributed by atoms with Gasteiger partial charge in [0.25, 0.3) is 0 Å². The van der Waals surface area contributed by atoms with Gasteiger partial charge in [0.2, 0.25) is 0 Å². The van der Waals surface area contributed by atoms with E-state index >= 15 is 0 Å². The van der Waals surface area contributed by atoms with Crippen LogP contribution < -0.4 is 4.74 Å². The minimum absolute atomic E-state index is 0.337. The van der Waals surface area contributed by atoms with Gasteiger partial charge in [-0.1, -0.05) is 0 Å². The molecule has 0 spiro atoms. The minimum atomic E-state index is -5.16. The fourth-order valence-electron chi connectivity index (χ4n) is 1.11. The van der Waals surface area contributed by atoms with Crippen molar-refractivity contribution in [2.75, 3.05) is 7.11 Å². The largest absolute Gasteiger partial charge is 0.573 e. The topological polar surface area (TPSA) is 48.4 Å². The number of alkyl halides is 4. The van der Waals surface area contributed by atoms with Crippen LogP contribution in [0, 0.1) is 5.82 Å². The molecule has 0 aliphatic heterocycles. The quantitative estimate of drug-likeness (QED) is 0.625. The third-order valence-electron chi connectivity index (χ3n) is 1.80. The summed E-state index contributed by atoms with van der Waals surface area (Å²) < 4.78 is 69.1. The second-order valence-electron chi connectivity index (χ2n) is 2.93. The maximum absolute atomic E-state index is 13.6. The molecule has 18 heavy (non-hydrogen) atoms. The lowest BCUT2D eigenvalue weighted by molar-refractivity contribution is -0.275. The van der Waals surface area contributed by atoms with Crippen LogP contribution in [-0.4, -0.2) is 24.4 Å². The Labute approximate surface area is 97.3 Å². The lowest BCUT2D eigenvalue weighted by Gasteiger charge is -2.12. The number of methoxy groups -OCH3 is 1. The molecular weight excluding hydrogens is 265 g/mol. The third kappa shape index (κ3) is 3.05. The minimum Gasteiger partial charge on any atom is -0.465 e. The molecule has 0 aromatic carbocycles. The van der Waals surface area contributed by atoms with Crippen LogP contribution in [0.1, 0.15) is 16.1 Å². The van der Waals surface area contributed by atoms with Crippen LogP contribution in [0.15, 0.2) is 6.20 Å². The molecule has 0 atom stereocenters. The average molecular weight is 271 g/mol. The monoisotopic (exact) mass is 271 g/mol. The Morgan fingerprint density at radius 2 is 2.06 bits per heavy atom. The van der Waals surface area contributed by atoms with Crippen molar-refractivity contribution in [3.8, 4) is 5.75 Å². The molecular formula is C9H6F5NO3. The van der Waals surface area contributed by atoms with Gasteiger partial charge in [-0.25, -0.2) is 13.6 Å². The fourth-order valence-corrected chi connectivity index (χ4v) is 1.11. The van der Waals surface area contributed by atoms with Crippen LogP contribution in [0.4, 0.5) is 22.0 Å². The number of rotatable bonds is 3. The average Bonchev–Trinajstić information content (AvgIpc) is 2.29. The number of ether oxygens (including phenoxy) is 2. The van der Waals surface area contributed by atoms with Gasteiger partial charge < -0.3 is 9.47 Å². The standard InChI is InChI=1S/C9H6F5NO3/c1-17-8(16)6-4(2-10)15-3-5(7(6)11)18-9(12,13)14/h3H,2H2,1H3. The van der Waals surface area contributed by atoms with Crippen molar-refractivity contribution in [1.82, 2.24) is 4.98 Å². The van der Waals surface area contributed by atoms with Crippen LogP contribution >= 0.6 is 0 Å². The highest BCUT2D eigenvalue weighted by atomic mass is 19.4. The maximum Gasteiger partial charge on any atom is 0.573 e. The van der Waals surface area contributed by atoms with Gasteiger partial charge in [0.1, 0.15) is 12.2 Å². The molecule has 0 unspecified atom stereocenters. The molecule has 9 heteroatoms. The second kappa shape index (κ2) is 5.15. The first kappa shape index (κ1) is 14.1. The zero-order valence-corrected chi connectivity index (χ0v) is 8.85. The van der Waals surface area contributed by atoms with E-state index in [1.54, 1.807) is 0 Å². The fraction of sp³-hybridized carbons (Fsp3) is 0.333. The summed E-state index contributed by atoms with van der Waals surface area (Å²) in [5.41, 5.74) is -1.70. The summed E-state index contributed by atoms with van der Waals surface area (Å²) in [4.78, 5) is 14.3. The number of nitrogens with zero attached hydrogens (tertiary/aromatic N) is 1. The molecule has 0 saturated carbocycles. The number of carbonyl (C=O) groups is 1. The van der Waals surface area contributed by atoms with Crippen molar-refractivity contribution >= 4 is 5.97 Å². The first-order chi connectivity index (χ1) is 8.30. The molecule has 0 aliphatic rings. The lowest BCUT2D eigenvalue weighted by atomic mass is 10.2. The number of esters is 1. The van der Waals surface area contributed by atoms with Crippen molar-refractivity contribution in [3.05, 3.63) is 23.3 Å². The van der Waals surface area contributed by atoms with Crippen LogP contribution in [0.3, 0.4) is 0 Å². The molecule has 0 bridgehead atoms. The first-order valence-electron chi connectivity index (χ1n) is 4.37. The van der Waals surface area contributed by atoms with E-state index in [9.17, 15) is 26.7 Å². The SMILES string of the molecule is COC(=O)c1c(CF)ncc(OC(F)(F)F)c1F. The highest BCUT2D eigenvalue weighted by Gasteiger charge is 2.34. The summed E-state index contributed by atoms with van der Waals surface area (Å²) in [6.07, 6.45) is -4.82. The summed E-state index contributed by atoms with van der Waals surface area (Å²) >= 11 is 0. The maximum atomic E-state index is 13.6. The van der Waals surface area contributed by atoms with Crippen molar-refractivity contribution in [1.29, 1.82) is 0 Å². The van der Waals surface area contributed by atoms with Gasteiger partial charge in [0.05, 0.1) is 19.0 Å². The highest BCUT2D eigenvalue weighted by Crippen LogP contribution is 2.28. The zero-order valence-electron chi connectivity index (χ0n) is 8.85. The van der Waals surface area contributed by atoms with E-state index in [1.807, 2.05) is 0 Å². The van der Waals surface area contributed by atoms with E-state index in [-0.39, 0.29) is 0 Å². The molecule has 0 aliphatic carbocycles. The molecule has 1 rings (SSSR count). The number of hydrogen-bond donors (Lipinski definition) is 0. The van der Waals surface area contributed by atoms with Crippen molar-refractivity contribution in [2.24, 2.45) is 0 Å². The highest BCUT2D eigenvalue weighted by molar-refractivity contribution is 5.91. The molecule has 0 saturated heterocycles. The molecule has 1 heterocycles. The summed E-state index contributed by atoms with van der Waals surface area (Å²) in [5, 5.41) is 0. The summed E-state index contributed by atoms with van der Waals surface area (Å²) in [5.74, 6) is -4.36. The molecule has 0 N–H and O–H groups in total. The van der Waals surface area contributed by atoms with E-state index in [1.165, 1.54) is 0 Å². The molecule has 100 valence electrons. The predicted octanol–water partition coefficient (Wildman–Crippen LogP) is 2.38. The Morgan fingerprint density at radius 3 is 2.50 bits per heavy atom. The number of pyridine rings is 1. The van der Waals surface area contributed by atoms with E-state index in [4.69, 9.17) is 0 Å². The number of carbonyl (C=O) groups excluding carboxylic acids is 1. The van der Waals surface area contributed by atoms with Crippen molar-refractivity contribution < 1.29 is 36.2 Å². The van der Waals surface area contributed by atoms with E-state index in [0.29, 0.717) is 6.20 Å². The summed E-state index contributed by atoms with van der Waals surface area (Å²) in [6.45, 7) is -1.34. The van der Waals surface area contributed by atoms with Gasteiger partial charge in [0, 0.05) is 0 Å². The first-order valence-corrected chi connectivity index (χ1v) is 4.37. The van der Waals surface area contributed by atoms with Gasteiger partial charge in [0.15, 0.2) is 11.6 Å². The van der Waals surface area contributed by atoms with Gasteiger partial charge in [-0.2, -0.15) is 0 Å².